The minimum absolute atomic E-state index is 0.0118. The fourth-order valence-corrected chi connectivity index (χ4v) is 3.57. The number of hydrogen-bond acceptors (Lipinski definition) is 4. The van der Waals surface area contributed by atoms with Crippen molar-refractivity contribution in [2.45, 2.75) is 43.2 Å². The van der Waals surface area contributed by atoms with Crippen molar-refractivity contribution in [3.8, 4) is 0 Å². The van der Waals surface area contributed by atoms with Crippen LogP contribution in [0.5, 0.6) is 0 Å². The summed E-state index contributed by atoms with van der Waals surface area (Å²) >= 11 is 0. The maximum Gasteiger partial charge on any atom is 0.225 e. The van der Waals surface area contributed by atoms with E-state index < -0.39 is 9.84 Å². The van der Waals surface area contributed by atoms with Crippen LogP contribution in [-0.2, 0) is 14.6 Å². The first-order valence-electron chi connectivity index (χ1n) is 7.52. The lowest BCUT2D eigenvalue weighted by molar-refractivity contribution is -0.136. The predicted octanol–water partition coefficient (Wildman–Crippen LogP) is 1.74. The number of amides is 1. The highest BCUT2D eigenvalue weighted by molar-refractivity contribution is 7.90. The number of carbonyl (C=O) groups excluding carboxylic acids is 1. The molecule has 122 valence electrons. The van der Waals surface area contributed by atoms with Gasteiger partial charge in [0.2, 0.25) is 5.91 Å². The molecule has 1 aliphatic carbocycles. The van der Waals surface area contributed by atoms with Crippen molar-refractivity contribution in [1.29, 1.82) is 0 Å². The molecule has 0 spiro atoms. The summed E-state index contributed by atoms with van der Waals surface area (Å²) in [5.74, 6) is 0.130. The van der Waals surface area contributed by atoms with Crippen LogP contribution in [0.4, 0.5) is 0 Å². The standard InChI is InChI=1S/C16H24N2O3S/c1-11(12-5-8-15(9-6-12)22(3,20)21)18(2)16(19)13-4-7-14(17)10-13/h5-6,8-9,11,13-14H,4,7,10,17H2,1-3H3. The van der Waals surface area contributed by atoms with Gasteiger partial charge in [0.25, 0.3) is 0 Å². The Kier molecular flexibility index (Phi) is 4.92. The van der Waals surface area contributed by atoms with Crippen LogP contribution in [0.1, 0.15) is 37.8 Å². The molecule has 3 atom stereocenters. The Bertz CT molecular complexity index is 640. The molecule has 1 saturated carbocycles. The molecule has 1 aromatic rings. The van der Waals surface area contributed by atoms with Gasteiger partial charge < -0.3 is 10.6 Å². The van der Waals surface area contributed by atoms with Crippen LogP contribution in [0.15, 0.2) is 29.2 Å². The molecule has 0 saturated heterocycles. The fourth-order valence-electron chi connectivity index (χ4n) is 2.94. The number of nitrogens with two attached hydrogens (primary N) is 1. The molecule has 0 heterocycles. The SMILES string of the molecule is CC(c1ccc(S(C)(=O)=O)cc1)N(C)C(=O)C1CCC(N)C1. The molecule has 0 radical (unpaired) electrons. The monoisotopic (exact) mass is 324 g/mol. The van der Waals surface area contributed by atoms with E-state index in [2.05, 4.69) is 0 Å². The maximum atomic E-state index is 12.5. The molecule has 2 N–H and O–H groups in total. The first-order valence-corrected chi connectivity index (χ1v) is 9.41. The van der Waals surface area contributed by atoms with E-state index in [1.165, 1.54) is 6.26 Å². The van der Waals surface area contributed by atoms with Crippen molar-refractivity contribution in [2.24, 2.45) is 11.7 Å². The molecule has 1 amide bonds. The Morgan fingerprint density at radius 3 is 2.32 bits per heavy atom. The number of nitrogens with zero attached hydrogens (tertiary/aromatic N) is 1. The van der Waals surface area contributed by atoms with Gasteiger partial charge in [-0.1, -0.05) is 12.1 Å². The number of benzene rings is 1. The third-order valence-electron chi connectivity index (χ3n) is 4.54. The van der Waals surface area contributed by atoms with Crippen LogP contribution in [0.3, 0.4) is 0 Å². The van der Waals surface area contributed by atoms with Crippen LogP contribution in [-0.4, -0.2) is 38.6 Å². The molecule has 22 heavy (non-hydrogen) atoms. The summed E-state index contributed by atoms with van der Waals surface area (Å²) in [5, 5.41) is 0. The van der Waals surface area contributed by atoms with Crippen molar-refractivity contribution in [3.63, 3.8) is 0 Å². The lowest BCUT2D eigenvalue weighted by Gasteiger charge is -2.28. The van der Waals surface area contributed by atoms with Crippen molar-refractivity contribution < 1.29 is 13.2 Å². The van der Waals surface area contributed by atoms with Crippen molar-refractivity contribution in [1.82, 2.24) is 4.90 Å². The average molecular weight is 324 g/mol. The second-order valence-corrected chi connectivity index (χ2v) is 8.25. The Hall–Kier alpha value is -1.40. The minimum atomic E-state index is -3.20. The third kappa shape index (κ3) is 3.67. The number of hydrogen-bond donors (Lipinski definition) is 1. The van der Waals surface area contributed by atoms with E-state index in [0.29, 0.717) is 4.90 Å². The van der Waals surface area contributed by atoms with Crippen molar-refractivity contribution >= 4 is 15.7 Å². The Balaban J connectivity index is 2.10. The summed E-state index contributed by atoms with van der Waals surface area (Å²) in [5.41, 5.74) is 6.80. The second kappa shape index (κ2) is 6.38. The topological polar surface area (TPSA) is 80.5 Å². The van der Waals surface area contributed by atoms with E-state index in [0.717, 1.165) is 24.8 Å². The number of sulfone groups is 1. The van der Waals surface area contributed by atoms with Gasteiger partial charge in [-0.2, -0.15) is 0 Å². The first-order chi connectivity index (χ1) is 10.2. The van der Waals surface area contributed by atoms with E-state index in [9.17, 15) is 13.2 Å². The molecule has 5 nitrogen and oxygen atoms in total. The van der Waals surface area contributed by atoms with E-state index >= 15 is 0 Å². The van der Waals surface area contributed by atoms with Gasteiger partial charge in [0.05, 0.1) is 10.9 Å². The zero-order valence-electron chi connectivity index (χ0n) is 13.3. The van der Waals surface area contributed by atoms with Gasteiger partial charge in [-0.3, -0.25) is 4.79 Å². The van der Waals surface area contributed by atoms with Crippen LogP contribution >= 0.6 is 0 Å². The van der Waals surface area contributed by atoms with Crippen LogP contribution in [0.2, 0.25) is 0 Å². The molecule has 0 aromatic heterocycles. The van der Waals surface area contributed by atoms with Gasteiger partial charge in [0.1, 0.15) is 0 Å². The van der Waals surface area contributed by atoms with Crippen LogP contribution < -0.4 is 5.73 Å². The highest BCUT2D eigenvalue weighted by Crippen LogP contribution is 2.29. The molecule has 0 aliphatic heterocycles. The zero-order valence-corrected chi connectivity index (χ0v) is 14.1. The Morgan fingerprint density at radius 2 is 1.86 bits per heavy atom. The van der Waals surface area contributed by atoms with Gasteiger partial charge in [-0.15, -0.1) is 0 Å². The van der Waals surface area contributed by atoms with Gasteiger partial charge in [0, 0.05) is 25.3 Å². The van der Waals surface area contributed by atoms with E-state index in [1.54, 1.807) is 36.2 Å². The van der Waals surface area contributed by atoms with Gasteiger partial charge in [-0.05, 0) is 43.9 Å². The molecule has 6 heteroatoms. The van der Waals surface area contributed by atoms with Gasteiger partial charge in [-0.25, -0.2) is 8.42 Å². The number of rotatable bonds is 4. The molecule has 1 fully saturated rings. The largest absolute Gasteiger partial charge is 0.339 e. The fraction of sp³-hybridized carbons (Fsp3) is 0.562. The normalized spacial score (nSPS) is 23.3. The predicted molar refractivity (Wildman–Crippen MR) is 86.1 cm³/mol. The summed E-state index contributed by atoms with van der Waals surface area (Å²) in [6.45, 7) is 1.95. The lowest BCUT2D eigenvalue weighted by atomic mass is 10.0. The van der Waals surface area contributed by atoms with Crippen LogP contribution in [0, 0.1) is 5.92 Å². The number of carbonyl (C=O) groups is 1. The second-order valence-electron chi connectivity index (χ2n) is 6.24. The highest BCUT2D eigenvalue weighted by atomic mass is 32.2. The lowest BCUT2D eigenvalue weighted by Crippen LogP contribution is -2.34. The van der Waals surface area contributed by atoms with Crippen LogP contribution in [0.25, 0.3) is 0 Å². The molecular weight excluding hydrogens is 300 g/mol. The molecule has 1 aliphatic rings. The van der Waals surface area contributed by atoms with E-state index in [1.807, 2.05) is 6.92 Å². The molecule has 0 bridgehead atoms. The quantitative estimate of drug-likeness (QED) is 0.915. The smallest absolute Gasteiger partial charge is 0.225 e. The van der Waals surface area contributed by atoms with Crippen molar-refractivity contribution in [3.05, 3.63) is 29.8 Å². The summed E-state index contributed by atoms with van der Waals surface area (Å²) < 4.78 is 23.0. The maximum absolute atomic E-state index is 12.5. The van der Waals surface area contributed by atoms with Crippen molar-refractivity contribution in [2.75, 3.05) is 13.3 Å². The molecule has 2 rings (SSSR count). The molecular formula is C16H24N2O3S. The summed E-state index contributed by atoms with van der Waals surface area (Å²) in [6, 6.07) is 6.75. The third-order valence-corrected chi connectivity index (χ3v) is 5.67. The minimum Gasteiger partial charge on any atom is -0.339 e. The summed E-state index contributed by atoms with van der Waals surface area (Å²) in [7, 11) is -1.40. The van der Waals surface area contributed by atoms with E-state index in [4.69, 9.17) is 5.73 Å². The Morgan fingerprint density at radius 1 is 1.27 bits per heavy atom. The first kappa shape index (κ1) is 17.0. The average Bonchev–Trinajstić information content (AvgIpc) is 2.90. The zero-order chi connectivity index (χ0) is 16.5. The van der Waals surface area contributed by atoms with Gasteiger partial charge >= 0.3 is 0 Å². The Labute approximate surface area is 132 Å². The highest BCUT2D eigenvalue weighted by Gasteiger charge is 2.31. The summed E-state index contributed by atoms with van der Waals surface area (Å²) in [4.78, 5) is 14.5. The summed E-state index contributed by atoms with van der Waals surface area (Å²) in [6.07, 6.45) is 3.69. The van der Waals surface area contributed by atoms with E-state index in [-0.39, 0.29) is 23.9 Å². The van der Waals surface area contributed by atoms with Gasteiger partial charge in [0.15, 0.2) is 9.84 Å². The molecule has 3 unspecified atom stereocenters. The molecule has 1 aromatic carbocycles.